The summed E-state index contributed by atoms with van der Waals surface area (Å²) in [4.78, 5) is 19.9. The molecule has 180 valence electrons. The van der Waals surface area contributed by atoms with Gasteiger partial charge in [0.15, 0.2) is 5.71 Å². The standard InChI is InChI=1S/C28H26N6O2/c1-33(2)17-20-6-4-5-7-24(20)19-8-12-22(13-9-19)34-18-31-26(25(30)16-29)27(28(34)35)32-21-10-14-23(36-3)15-11-21/h4-15,18,30,32H,17H2,1-3H3. The predicted octanol–water partition coefficient (Wildman–Crippen LogP) is 4.60. The van der Waals surface area contributed by atoms with Crippen LogP contribution >= 0.6 is 0 Å². The molecule has 0 aliphatic carbocycles. The maximum Gasteiger partial charge on any atom is 0.282 e. The van der Waals surface area contributed by atoms with Crippen LogP contribution in [0, 0.1) is 16.7 Å². The Bertz CT molecular complexity index is 1480. The maximum atomic E-state index is 13.5. The molecule has 0 fully saturated rings. The molecule has 0 atom stereocenters. The zero-order valence-corrected chi connectivity index (χ0v) is 20.3. The molecule has 0 radical (unpaired) electrons. The predicted molar refractivity (Wildman–Crippen MR) is 141 cm³/mol. The first kappa shape index (κ1) is 24.4. The van der Waals surface area contributed by atoms with Crippen molar-refractivity contribution in [2.24, 2.45) is 0 Å². The van der Waals surface area contributed by atoms with Gasteiger partial charge in [-0.3, -0.25) is 14.8 Å². The van der Waals surface area contributed by atoms with Crippen LogP contribution in [0.4, 0.5) is 11.4 Å². The third-order valence-corrected chi connectivity index (χ3v) is 5.64. The lowest BCUT2D eigenvalue weighted by atomic mass is 9.99. The molecule has 0 aliphatic rings. The highest BCUT2D eigenvalue weighted by molar-refractivity contribution is 6.11. The molecule has 0 saturated heterocycles. The number of anilines is 2. The van der Waals surface area contributed by atoms with Gasteiger partial charge in [0.05, 0.1) is 12.8 Å². The molecule has 2 N–H and O–H groups in total. The summed E-state index contributed by atoms with van der Waals surface area (Å²) in [7, 11) is 5.64. The summed E-state index contributed by atoms with van der Waals surface area (Å²) < 4.78 is 6.58. The molecule has 1 heterocycles. The second kappa shape index (κ2) is 10.7. The van der Waals surface area contributed by atoms with Crippen LogP contribution < -0.4 is 15.6 Å². The van der Waals surface area contributed by atoms with Crippen LogP contribution in [-0.4, -0.2) is 41.4 Å². The van der Waals surface area contributed by atoms with Crippen LogP contribution in [0.5, 0.6) is 5.75 Å². The van der Waals surface area contributed by atoms with Gasteiger partial charge in [-0.25, -0.2) is 4.98 Å². The van der Waals surface area contributed by atoms with E-state index in [0.29, 0.717) is 17.1 Å². The van der Waals surface area contributed by atoms with Crippen molar-refractivity contribution in [2.75, 3.05) is 26.5 Å². The number of nitriles is 1. The largest absolute Gasteiger partial charge is 0.497 e. The first-order chi connectivity index (χ1) is 17.4. The average Bonchev–Trinajstić information content (AvgIpc) is 2.90. The van der Waals surface area contributed by atoms with Crippen molar-refractivity contribution in [2.45, 2.75) is 6.54 Å². The summed E-state index contributed by atoms with van der Waals surface area (Å²) >= 11 is 0. The van der Waals surface area contributed by atoms with E-state index in [4.69, 9.17) is 10.1 Å². The lowest BCUT2D eigenvalue weighted by molar-refractivity contribution is 0.403. The van der Waals surface area contributed by atoms with E-state index < -0.39 is 11.3 Å². The zero-order valence-electron chi connectivity index (χ0n) is 20.3. The smallest absolute Gasteiger partial charge is 0.282 e. The van der Waals surface area contributed by atoms with Gasteiger partial charge in [0, 0.05) is 12.2 Å². The molecule has 0 saturated carbocycles. The lowest BCUT2D eigenvalue weighted by Gasteiger charge is -2.15. The van der Waals surface area contributed by atoms with Gasteiger partial charge in [-0.1, -0.05) is 36.4 Å². The summed E-state index contributed by atoms with van der Waals surface area (Å²) in [5.41, 5.74) is 3.82. The third-order valence-electron chi connectivity index (χ3n) is 5.64. The number of hydrogen-bond acceptors (Lipinski definition) is 7. The molecule has 4 rings (SSSR count). The third kappa shape index (κ3) is 5.17. The number of nitrogens with zero attached hydrogens (tertiary/aromatic N) is 4. The molecule has 0 aliphatic heterocycles. The number of nitrogens with one attached hydrogen (secondary N) is 2. The van der Waals surface area contributed by atoms with Crippen LogP contribution in [0.2, 0.25) is 0 Å². The van der Waals surface area contributed by atoms with Crippen LogP contribution in [-0.2, 0) is 6.54 Å². The van der Waals surface area contributed by atoms with Crippen LogP contribution in [0.1, 0.15) is 11.3 Å². The fourth-order valence-electron chi connectivity index (χ4n) is 3.89. The molecule has 0 spiro atoms. The van der Waals surface area contributed by atoms with E-state index in [2.05, 4.69) is 27.3 Å². The van der Waals surface area contributed by atoms with Crippen molar-refractivity contribution in [1.29, 1.82) is 10.7 Å². The van der Waals surface area contributed by atoms with E-state index in [0.717, 1.165) is 17.7 Å². The van der Waals surface area contributed by atoms with E-state index >= 15 is 0 Å². The number of rotatable bonds is 8. The van der Waals surface area contributed by atoms with Gasteiger partial charge >= 0.3 is 0 Å². The Morgan fingerprint density at radius 3 is 2.42 bits per heavy atom. The highest BCUT2D eigenvalue weighted by Gasteiger charge is 2.17. The normalized spacial score (nSPS) is 10.6. The van der Waals surface area contributed by atoms with Crippen molar-refractivity contribution < 1.29 is 4.74 Å². The van der Waals surface area contributed by atoms with Crippen LogP contribution in [0.25, 0.3) is 16.8 Å². The number of aromatic nitrogens is 2. The summed E-state index contributed by atoms with van der Waals surface area (Å²) in [5.74, 6) is 0.668. The molecule has 4 aromatic rings. The SMILES string of the molecule is COc1ccc(Nc2c(C(=N)C#N)ncn(-c3ccc(-c4ccccc4CN(C)C)cc3)c2=O)cc1. The molecule has 0 unspecified atom stereocenters. The minimum Gasteiger partial charge on any atom is -0.497 e. The van der Waals surface area contributed by atoms with Gasteiger partial charge in [-0.2, -0.15) is 5.26 Å². The first-order valence-electron chi connectivity index (χ1n) is 11.3. The summed E-state index contributed by atoms with van der Waals surface area (Å²) in [6, 6.07) is 24.6. The van der Waals surface area contributed by atoms with Gasteiger partial charge in [0.2, 0.25) is 0 Å². The molecule has 0 bridgehead atoms. The van der Waals surface area contributed by atoms with E-state index in [1.165, 1.54) is 16.5 Å². The Hall–Kier alpha value is -4.74. The van der Waals surface area contributed by atoms with E-state index in [1.54, 1.807) is 37.4 Å². The molecule has 1 aromatic heterocycles. The molecular weight excluding hydrogens is 452 g/mol. The molecular formula is C28H26N6O2. The maximum absolute atomic E-state index is 13.5. The fourth-order valence-corrected chi connectivity index (χ4v) is 3.89. The van der Waals surface area contributed by atoms with Gasteiger partial charge < -0.3 is 15.0 Å². The highest BCUT2D eigenvalue weighted by atomic mass is 16.5. The zero-order chi connectivity index (χ0) is 25.7. The lowest BCUT2D eigenvalue weighted by Crippen LogP contribution is -2.25. The van der Waals surface area contributed by atoms with E-state index in [1.807, 2.05) is 50.5 Å². The second-order valence-corrected chi connectivity index (χ2v) is 8.43. The van der Waals surface area contributed by atoms with Crippen molar-refractivity contribution in [3.05, 3.63) is 101 Å². The summed E-state index contributed by atoms with van der Waals surface area (Å²) in [5, 5.41) is 20.3. The van der Waals surface area contributed by atoms with E-state index in [9.17, 15) is 10.1 Å². The summed E-state index contributed by atoms with van der Waals surface area (Å²) in [6.07, 6.45) is 1.34. The highest BCUT2D eigenvalue weighted by Crippen LogP contribution is 2.26. The Morgan fingerprint density at radius 2 is 1.78 bits per heavy atom. The molecule has 8 heteroatoms. The Labute approximate surface area is 209 Å². The fraction of sp³-hybridized carbons (Fsp3) is 0.143. The summed E-state index contributed by atoms with van der Waals surface area (Å²) in [6.45, 7) is 0.813. The number of methoxy groups -OCH3 is 1. The Balaban J connectivity index is 1.73. The van der Waals surface area contributed by atoms with Gasteiger partial charge in [0.25, 0.3) is 5.56 Å². The average molecular weight is 479 g/mol. The minimum atomic E-state index is -0.420. The Morgan fingerprint density at radius 1 is 1.08 bits per heavy atom. The monoisotopic (exact) mass is 478 g/mol. The van der Waals surface area contributed by atoms with Crippen LogP contribution in [0.3, 0.4) is 0 Å². The second-order valence-electron chi connectivity index (χ2n) is 8.43. The van der Waals surface area contributed by atoms with Crippen molar-refractivity contribution in [1.82, 2.24) is 14.5 Å². The first-order valence-corrected chi connectivity index (χ1v) is 11.3. The van der Waals surface area contributed by atoms with Crippen molar-refractivity contribution in [3.8, 4) is 28.6 Å². The molecule has 0 amide bonds. The molecule has 36 heavy (non-hydrogen) atoms. The molecule has 8 nitrogen and oxygen atoms in total. The van der Waals surface area contributed by atoms with Gasteiger partial charge in [0.1, 0.15) is 29.5 Å². The van der Waals surface area contributed by atoms with Gasteiger partial charge in [-0.15, -0.1) is 0 Å². The van der Waals surface area contributed by atoms with Crippen LogP contribution in [0.15, 0.2) is 83.9 Å². The number of benzene rings is 3. The molecule has 3 aromatic carbocycles. The number of hydrogen-bond donors (Lipinski definition) is 2. The Kier molecular flexibility index (Phi) is 7.23. The topological polar surface area (TPSA) is 107 Å². The van der Waals surface area contributed by atoms with Crippen molar-refractivity contribution >= 4 is 17.1 Å². The van der Waals surface area contributed by atoms with E-state index in [-0.39, 0.29) is 11.4 Å². The van der Waals surface area contributed by atoms with Gasteiger partial charge in [-0.05, 0) is 67.2 Å². The van der Waals surface area contributed by atoms with Crippen molar-refractivity contribution in [3.63, 3.8) is 0 Å². The minimum absolute atomic E-state index is 0.0104. The quantitative estimate of drug-likeness (QED) is 0.358. The number of ether oxygens (including phenoxy) is 1.